The number of phenols is 1. The van der Waals surface area contributed by atoms with Crippen LogP contribution in [0.4, 0.5) is 0 Å². The van der Waals surface area contributed by atoms with E-state index in [4.69, 9.17) is 0 Å². The third-order valence-electron chi connectivity index (χ3n) is 4.85. The van der Waals surface area contributed by atoms with Crippen LogP contribution in [0.1, 0.15) is 18.9 Å². The van der Waals surface area contributed by atoms with Crippen LogP contribution in [0, 0.1) is 0 Å². The van der Waals surface area contributed by atoms with E-state index in [2.05, 4.69) is 39.4 Å². The van der Waals surface area contributed by atoms with Crippen molar-refractivity contribution in [3.63, 3.8) is 0 Å². The highest BCUT2D eigenvalue weighted by Crippen LogP contribution is 2.28. The highest BCUT2D eigenvalue weighted by Gasteiger charge is 2.11. The minimum absolute atomic E-state index is 0.152. The summed E-state index contributed by atoms with van der Waals surface area (Å²) >= 11 is 0. The highest BCUT2D eigenvalue weighted by atomic mass is 16.3. The lowest BCUT2D eigenvalue weighted by Gasteiger charge is -2.07. The number of aromatic nitrogens is 1. The van der Waals surface area contributed by atoms with E-state index < -0.39 is 0 Å². The van der Waals surface area contributed by atoms with Gasteiger partial charge in [-0.05, 0) is 31.2 Å². The van der Waals surface area contributed by atoms with Crippen molar-refractivity contribution < 1.29 is 9.90 Å². The number of rotatable bonds is 5. The average Bonchev–Trinajstić information content (AvgIpc) is 3.04. The lowest BCUT2D eigenvalue weighted by molar-refractivity contribution is -0.121. The summed E-state index contributed by atoms with van der Waals surface area (Å²) in [5, 5.41) is 16.1. The fourth-order valence-corrected chi connectivity index (χ4v) is 3.46. The van der Waals surface area contributed by atoms with Crippen LogP contribution in [-0.2, 0) is 11.3 Å². The summed E-state index contributed by atoms with van der Waals surface area (Å²) in [5.74, 6) is 0.0195. The molecule has 4 aromatic rings. The molecule has 3 aromatic carbocycles. The molecule has 0 saturated heterocycles. The standard InChI is InChI=1S/C23H21N3O2/c1-16(17-7-6-8-18(27)15-17)24-25-23(28)13-14-26-21-11-4-2-9-19(21)20-10-3-5-12-22(20)26/h2-12,15,27H,13-14H2,1H3,(H,25,28)/b24-16-. The van der Waals surface area contributed by atoms with Crippen molar-refractivity contribution in [1.82, 2.24) is 9.99 Å². The van der Waals surface area contributed by atoms with Gasteiger partial charge in [0.25, 0.3) is 0 Å². The number of hydrogen-bond acceptors (Lipinski definition) is 3. The van der Waals surface area contributed by atoms with Gasteiger partial charge in [-0.25, -0.2) is 5.43 Å². The Morgan fingerprint density at radius 3 is 2.25 bits per heavy atom. The third kappa shape index (κ3) is 3.47. The monoisotopic (exact) mass is 371 g/mol. The number of hydrazone groups is 1. The van der Waals surface area contributed by atoms with E-state index in [1.807, 2.05) is 30.3 Å². The van der Waals surface area contributed by atoms with Crippen LogP contribution in [0.5, 0.6) is 5.75 Å². The number of phenolic OH excluding ortho intramolecular Hbond substituents is 1. The Bertz CT molecular complexity index is 1140. The van der Waals surface area contributed by atoms with Crippen LogP contribution >= 0.6 is 0 Å². The Labute approximate surface area is 162 Å². The Kier molecular flexibility index (Phi) is 4.81. The van der Waals surface area contributed by atoms with Crippen LogP contribution in [-0.4, -0.2) is 21.3 Å². The van der Waals surface area contributed by atoms with Gasteiger partial charge in [-0.3, -0.25) is 4.79 Å². The minimum Gasteiger partial charge on any atom is -0.508 e. The van der Waals surface area contributed by atoms with E-state index in [0.717, 1.165) is 16.6 Å². The van der Waals surface area contributed by atoms with Crippen molar-refractivity contribution in [3.8, 4) is 5.75 Å². The lowest BCUT2D eigenvalue weighted by Crippen LogP contribution is -2.20. The minimum atomic E-state index is -0.152. The Balaban J connectivity index is 1.50. The molecule has 0 spiro atoms. The van der Waals surface area contributed by atoms with Gasteiger partial charge in [-0.1, -0.05) is 48.5 Å². The van der Waals surface area contributed by atoms with Gasteiger partial charge >= 0.3 is 0 Å². The van der Waals surface area contributed by atoms with Gasteiger partial charge in [-0.2, -0.15) is 5.10 Å². The number of fused-ring (bicyclic) bond motifs is 3. The first-order chi connectivity index (χ1) is 13.6. The number of benzene rings is 3. The summed E-state index contributed by atoms with van der Waals surface area (Å²) in [4.78, 5) is 12.3. The maximum Gasteiger partial charge on any atom is 0.241 e. The highest BCUT2D eigenvalue weighted by molar-refractivity contribution is 6.08. The van der Waals surface area contributed by atoms with E-state index in [1.165, 1.54) is 10.8 Å². The van der Waals surface area contributed by atoms with Crippen molar-refractivity contribution in [2.24, 2.45) is 5.10 Å². The molecule has 1 amide bonds. The van der Waals surface area contributed by atoms with Gasteiger partial charge in [0, 0.05) is 40.3 Å². The summed E-state index contributed by atoms with van der Waals surface area (Å²) in [6, 6.07) is 23.3. The quantitative estimate of drug-likeness (QED) is 0.403. The fourth-order valence-electron chi connectivity index (χ4n) is 3.46. The molecule has 1 heterocycles. The van der Waals surface area contributed by atoms with Crippen molar-refractivity contribution in [2.45, 2.75) is 19.9 Å². The van der Waals surface area contributed by atoms with Gasteiger partial charge in [0.05, 0.1) is 5.71 Å². The maximum absolute atomic E-state index is 12.3. The molecule has 5 heteroatoms. The first-order valence-electron chi connectivity index (χ1n) is 9.22. The second-order valence-corrected chi connectivity index (χ2v) is 6.72. The largest absolute Gasteiger partial charge is 0.508 e. The number of carbonyl (C=O) groups is 1. The van der Waals surface area contributed by atoms with Crippen molar-refractivity contribution in [3.05, 3.63) is 78.4 Å². The molecule has 1 aromatic heterocycles. The van der Waals surface area contributed by atoms with Crippen LogP contribution in [0.15, 0.2) is 77.9 Å². The zero-order valence-corrected chi connectivity index (χ0v) is 15.6. The van der Waals surface area contributed by atoms with Gasteiger partial charge in [-0.15, -0.1) is 0 Å². The van der Waals surface area contributed by atoms with Gasteiger partial charge < -0.3 is 9.67 Å². The van der Waals surface area contributed by atoms with E-state index in [0.29, 0.717) is 18.7 Å². The van der Waals surface area contributed by atoms with Crippen molar-refractivity contribution in [1.29, 1.82) is 0 Å². The number of nitrogens with one attached hydrogen (secondary N) is 1. The van der Waals surface area contributed by atoms with Crippen LogP contribution in [0.3, 0.4) is 0 Å². The first kappa shape index (κ1) is 17.8. The normalized spacial score (nSPS) is 11.8. The zero-order valence-electron chi connectivity index (χ0n) is 15.6. The molecule has 28 heavy (non-hydrogen) atoms. The molecule has 5 nitrogen and oxygen atoms in total. The predicted octanol–water partition coefficient (Wildman–Crippen LogP) is 4.43. The molecule has 0 aliphatic carbocycles. The second kappa shape index (κ2) is 7.56. The maximum atomic E-state index is 12.3. The van der Waals surface area contributed by atoms with Crippen LogP contribution in [0.25, 0.3) is 21.8 Å². The molecule has 4 rings (SSSR count). The number of hydrogen-bond donors (Lipinski definition) is 2. The summed E-state index contributed by atoms with van der Waals surface area (Å²) in [5.41, 5.74) is 6.26. The van der Waals surface area contributed by atoms with Crippen LogP contribution < -0.4 is 5.43 Å². The van der Waals surface area contributed by atoms with E-state index >= 15 is 0 Å². The SMILES string of the molecule is C/C(=N/NC(=O)CCn1c2ccccc2c2ccccc21)c1cccc(O)c1. The Morgan fingerprint density at radius 2 is 1.61 bits per heavy atom. The van der Waals surface area contributed by atoms with E-state index in [-0.39, 0.29) is 11.7 Å². The topological polar surface area (TPSA) is 66.6 Å². The molecule has 0 saturated carbocycles. The molecule has 140 valence electrons. The number of aryl methyl sites for hydroxylation is 1. The molecule has 0 fully saturated rings. The molecule has 2 N–H and O–H groups in total. The molecule has 0 unspecified atom stereocenters. The lowest BCUT2D eigenvalue weighted by atomic mass is 10.1. The summed E-state index contributed by atoms with van der Waals surface area (Å²) < 4.78 is 2.18. The number of amides is 1. The molecular formula is C23H21N3O2. The zero-order chi connectivity index (χ0) is 19.5. The third-order valence-corrected chi connectivity index (χ3v) is 4.85. The summed E-state index contributed by atoms with van der Waals surface area (Å²) in [6.45, 7) is 2.36. The number of carbonyl (C=O) groups excluding carboxylic acids is 1. The van der Waals surface area contributed by atoms with E-state index in [1.54, 1.807) is 25.1 Å². The Morgan fingerprint density at radius 1 is 0.964 bits per heavy atom. The molecular weight excluding hydrogens is 350 g/mol. The molecule has 0 aliphatic rings. The molecule has 0 atom stereocenters. The number of para-hydroxylation sites is 2. The molecule has 0 radical (unpaired) electrons. The fraction of sp³-hybridized carbons (Fsp3) is 0.130. The average molecular weight is 371 g/mol. The van der Waals surface area contributed by atoms with E-state index in [9.17, 15) is 9.90 Å². The summed E-state index contributed by atoms with van der Waals surface area (Å²) in [7, 11) is 0. The predicted molar refractivity (Wildman–Crippen MR) is 113 cm³/mol. The number of aromatic hydroxyl groups is 1. The van der Waals surface area contributed by atoms with Crippen molar-refractivity contribution >= 4 is 33.4 Å². The summed E-state index contributed by atoms with van der Waals surface area (Å²) in [6.07, 6.45) is 0.319. The number of nitrogens with zero attached hydrogens (tertiary/aromatic N) is 2. The van der Waals surface area contributed by atoms with Crippen molar-refractivity contribution in [2.75, 3.05) is 0 Å². The van der Waals surface area contributed by atoms with Gasteiger partial charge in [0.1, 0.15) is 5.75 Å². The Hall–Kier alpha value is -3.60. The smallest absolute Gasteiger partial charge is 0.241 e. The van der Waals surface area contributed by atoms with Gasteiger partial charge in [0.2, 0.25) is 5.91 Å². The second-order valence-electron chi connectivity index (χ2n) is 6.72. The molecule has 0 aliphatic heterocycles. The first-order valence-corrected chi connectivity index (χ1v) is 9.22. The molecule has 0 bridgehead atoms. The van der Waals surface area contributed by atoms with Gasteiger partial charge in [0.15, 0.2) is 0 Å². The van der Waals surface area contributed by atoms with Crippen LogP contribution in [0.2, 0.25) is 0 Å².